The van der Waals surface area contributed by atoms with Crippen molar-refractivity contribution in [1.29, 1.82) is 0 Å². The molecule has 0 aromatic heterocycles. The molecule has 0 saturated heterocycles. The largest absolute Gasteiger partial charge is 0.356 e. The minimum Gasteiger partial charge on any atom is -0.356 e. The second kappa shape index (κ2) is 8.99. The van der Waals surface area contributed by atoms with Crippen LogP contribution in [0.2, 0.25) is 0 Å². The molecule has 1 amide bonds. The van der Waals surface area contributed by atoms with Crippen LogP contribution in [0.5, 0.6) is 0 Å². The van der Waals surface area contributed by atoms with Crippen molar-refractivity contribution in [1.82, 2.24) is 10.6 Å². The third-order valence-corrected chi connectivity index (χ3v) is 2.97. The molecule has 0 atom stereocenters. The van der Waals surface area contributed by atoms with E-state index in [4.69, 9.17) is 0 Å². The van der Waals surface area contributed by atoms with Gasteiger partial charge in [-0.3, -0.25) is 4.79 Å². The van der Waals surface area contributed by atoms with Crippen LogP contribution in [0.3, 0.4) is 0 Å². The van der Waals surface area contributed by atoms with E-state index in [9.17, 15) is 4.79 Å². The molecule has 0 bridgehead atoms. The maximum atomic E-state index is 11.5. The van der Waals surface area contributed by atoms with Crippen molar-refractivity contribution in [3.63, 3.8) is 0 Å². The molecule has 0 fully saturated rings. The molecular formula is C14H24N2O. The van der Waals surface area contributed by atoms with Crippen molar-refractivity contribution in [2.75, 3.05) is 19.6 Å². The lowest BCUT2D eigenvalue weighted by Crippen LogP contribution is -2.28. The molecule has 1 rings (SSSR count). The smallest absolute Gasteiger partial charge is 0.221 e. The van der Waals surface area contributed by atoms with E-state index >= 15 is 0 Å². The first kappa shape index (κ1) is 14.0. The summed E-state index contributed by atoms with van der Waals surface area (Å²) in [4.78, 5) is 11.5. The maximum Gasteiger partial charge on any atom is 0.221 e. The number of nitrogens with one attached hydrogen (secondary N) is 2. The molecule has 1 aliphatic rings. The highest BCUT2D eigenvalue weighted by molar-refractivity contribution is 5.76. The number of allylic oxidation sites excluding steroid dienone is 1. The molecule has 1 aliphatic carbocycles. The van der Waals surface area contributed by atoms with Crippen LogP contribution in [0, 0.1) is 0 Å². The highest BCUT2D eigenvalue weighted by atomic mass is 16.1. The number of hydrogen-bond acceptors (Lipinski definition) is 2. The number of amides is 1. The van der Waals surface area contributed by atoms with E-state index in [1.54, 1.807) is 6.08 Å². The normalized spacial score (nSPS) is 15.2. The summed E-state index contributed by atoms with van der Waals surface area (Å²) in [6.45, 7) is 5.88. The van der Waals surface area contributed by atoms with Crippen LogP contribution in [0.25, 0.3) is 0 Å². The molecule has 0 heterocycles. The third kappa shape index (κ3) is 6.95. The van der Waals surface area contributed by atoms with Gasteiger partial charge in [0.1, 0.15) is 0 Å². The summed E-state index contributed by atoms with van der Waals surface area (Å²) in [5.41, 5.74) is 1.52. The van der Waals surface area contributed by atoms with E-state index in [1.165, 1.54) is 31.3 Å². The Hall–Kier alpha value is -1.09. The predicted molar refractivity (Wildman–Crippen MR) is 71.9 cm³/mol. The highest BCUT2D eigenvalue weighted by Crippen LogP contribution is 2.19. The number of carbonyl (C=O) groups is 1. The van der Waals surface area contributed by atoms with Crippen molar-refractivity contribution in [2.24, 2.45) is 0 Å². The second-order valence-corrected chi connectivity index (χ2v) is 4.45. The van der Waals surface area contributed by atoms with Crippen LogP contribution < -0.4 is 10.6 Å². The van der Waals surface area contributed by atoms with Gasteiger partial charge in [-0.25, -0.2) is 0 Å². The molecule has 3 nitrogen and oxygen atoms in total. The Morgan fingerprint density at radius 2 is 2.29 bits per heavy atom. The molecule has 17 heavy (non-hydrogen) atoms. The van der Waals surface area contributed by atoms with Gasteiger partial charge in [-0.2, -0.15) is 0 Å². The topological polar surface area (TPSA) is 41.1 Å². The van der Waals surface area contributed by atoms with Gasteiger partial charge in [0.05, 0.1) is 0 Å². The quantitative estimate of drug-likeness (QED) is 0.501. The Kier molecular flexibility index (Phi) is 7.39. The number of rotatable bonds is 8. The summed E-state index contributed by atoms with van der Waals surface area (Å²) >= 11 is 0. The number of hydrogen-bond donors (Lipinski definition) is 2. The minimum atomic E-state index is 0.137. The van der Waals surface area contributed by atoms with E-state index < -0.39 is 0 Å². The number of carbonyl (C=O) groups excluding carboxylic acids is 1. The first-order chi connectivity index (χ1) is 8.33. The Balaban J connectivity index is 1.99. The van der Waals surface area contributed by atoms with Gasteiger partial charge in [0, 0.05) is 26.1 Å². The van der Waals surface area contributed by atoms with Gasteiger partial charge in [0.2, 0.25) is 5.91 Å². The van der Waals surface area contributed by atoms with Gasteiger partial charge in [-0.1, -0.05) is 17.7 Å². The fourth-order valence-corrected chi connectivity index (χ4v) is 1.99. The van der Waals surface area contributed by atoms with Crippen LogP contribution in [0.15, 0.2) is 24.3 Å². The molecule has 0 unspecified atom stereocenters. The van der Waals surface area contributed by atoms with E-state index in [-0.39, 0.29) is 5.91 Å². The fraction of sp³-hybridized carbons (Fsp3) is 0.643. The average Bonchev–Trinajstić information content (AvgIpc) is 2.36. The molecule has 0 aromatic rings. The fourth-order valence-electron chi connectivity index (χ4n) is 1.99. The lowest BCUT2D eigenvalue weighted by molar-refractivity contribution is -0.120. The Morgan fingerprint density at radius 3 is 3.00 bits per heavy atom. The summed E-state index contributed by atoms with van der Waals surface area (Å²) in [6.07, 6.45) is 10.8. The van der Waals surface area contributed by atoms with Gasteiger partial charge in [-0.05, 0) is 32.1 Å². The standard InChI is InChI=1S/C14H24N2O/c1-2-10-15-11-9-14(17)16-12-8-13-6-4-3-5-7-13/h2,6,15H,1,3-5,7-12H2,(H,16,17). The predicted octanol–water partition coefficient (Wildman–Crippen LogP) is 2.16. The van der Waals surface area contributed by atoms with Gasteiger partial charge in [0.25, 0.3) is 0 Å². The van der Waals surface area contributed by atoms with Gasteiger partial charge >= 0.3 is 0 Å². The minimum absolute atomic E-state index is 0.137. The summed E-state index contributed by atoms with van der Waals surface area (Å²) in [5, 5.41) is 6.08. The molecule has 0 spiro atoms. The summed E-state index contributed by atoms with van der Waals surface area (Å²) in [6, 6.07) is 0. The molecule has 0 radical (unpaired) electrons. The summed E-state index contributed by atoms with van der Waals surface area (Å²) in [5.74, 6) is 0.137. The van der Waals surface area contributed by atoms with Crippen LogP contribution in [-0.4, -0.2) is 25.5 Å². The van der Waals surface area contributed by atoms with Crippen LogP contribution in [0.4, 0.5) is 0 Å². The van der Waals surface area contributed by atoms with Crippen molar-refractivity contribution in [3.05, 3.63) is 24.3 Å². The second-order valence-electron chi connectivity index (χ2n) is 4.45. The molecule has 2 N–H and O–H groups in total. The van der Waals surface area contributed by atoms with Gasteiger partial charge < -0.3 is 10.6 Å². The Morgan fingerprint density at radius 1 is 1.41 bits per heavy atom. The SMILES string of the molecule is C=CCNCCC(=O)NCCC1=CCCCC1. The van der Waals surface area contributed by atoms with Crippen molar-refractivity contribution < 1.29 is 4.79 Å². The molecular weight excluding hydrogens is 212 g/mol. The summed E-state index contributed by atoms with van der Waals surface area (Å²) < 4.78 is 0. The lowest BCUT2D eigenvalue weighted by atomic mass is 9.97. The summed E-state index contributed by atoms with van der Waals surface area (Å²) in [7, 11) is 0. The zero-order valence-electron chi connectivity index (χ0n) is 10.6. The first-order valence-electron chi connectivity index (χ1n) is 6.59. The van der Waals surface area contributed by atoms with Crippen LogP contribution >= 0.6 is 0 Å². The maximum absolute atomic E-state index is 11.5. The van der Waals surface area contributed by atoms with E-state index in [1.807, 2.05) is 0 Å². The van der Waals surface area contributed by atoms with Crippen LogP contribution in [-0.2, 0) is 4.79 Å². The molecule has 0 aliphatic heterocycles. The van der Waals surface area contributed by atoms with E-state index in [2.05, 4.69) is 23.3 Å². The lowest BCUT2D eigenvalue weighted by Gasteiger charge is -2.12. The average molecular weight is 236 g/mol. The molecule has 0 aromatic carbocycles. The van der Waals surface area contributed by atoms with Gasteiger partial charge in [0.15, 0.2) is 0 Å². The van der Waals surface area contributed by atoms with E-state index in [0.717, 1.165) is 26.1 Å². The Labute approximate surface area is 104 Å². The Bertz CT molecular complexity index is 271. The first-order valence-corrected chi connectivity index (χ1v) is 6.59. The zero-order chi connectivity index (χ0) is 12.3. The van der Waals surface area contributed by atoms with Crippen molar-refractivity contribution >= 4 is 5.91 Å². The molecule has 96 valence electrons. The molecule has 3 heteroatoms. The third-order valence-electron chi connectivity index (χ3n) is 2.97. The van der Waals surface area contributed by atoms with Crippen molar-refractivity contribution in [2.45, 2.75) is 38.5 Å². The highest BCUT2D eigenvalue weighted by Gasteiger charge is 2.04. The van der Waals surface area contributed by atoms with E-state index in [0.29, 0.717) is 6.42 Å². The zero-order valence-corrected chi connectivity index (χ0v) is 10.6. The molecule has 0 saturated carbocycles. The van der Waals surface area contributed by atoms with Crippen LogP contribution in [0.1, 0.15) is 38.5 Å². The van der Waals surface area contributed by atoms with Gasteiger partial charge in [-0.15, -0.1) is 6.58 Å². The monoisotopic (exact) mass is 236 g/mol. The van der Waals surface area contributed by atoms with Crippen molar-refractivity contribution in [3.8, 4) is 0 Å².